The number of carbonyl (C=O) groups excluding carboxylic acids is 1. The molecule has 0 bridgehead atoms. The molecule has 0 unspecified atom stereocenters. The molecule has 4 aromatic rings. The van der Waals surface area contributed by atoms with Crippen molar-refractivity contribution in [2.45, 2.75) is 0 Å². The Morgan fingerprint density at radius 3 is 2.03 bits per heavy atom. The van der Waals surface area contributed by atoms with Crippen LogP contribution in [0.3, 0.4) is 0 Å². The van der Waals surface area contributed by atoms with Crippen molar-refractivity contribution in [2.24, 2.45) is 12.0 Å². The third kappa shape index (κ3) is 3.83. The molecule has 4 rings (SSSR count). The van der Waals surface area contributed by atoms with Gasteiger partial charge in [0, 0.05) is 24.7 Å². The van der Waals surface area contributed by atoms with E-state index in [1.54, 1.807) is 0 Å². The predicted molar refractivity (Wildman–Crippen MR) is 117 cm³/mol. The topological polar surface area (TPSA) is 77.5 Å². The van der Waals surface area contributed by atoms with E-state index in [2.05, 4.69) is 4.99 Å². The maximum atomic E-state index is 12.7. The van der Waals surface area contributed by atoms with Crippen LogP contribution in [-0.2, 0) is 7.05 Å². The molecule has 0 saturated carbocycles. The van der Waals surface area contributed by atoms with Gasteiger partial charge in [0.05, 0.1) is 15.5 Å². The van der Waals surface area contributed by atoms with Gasteiger partial charge in [-0.2, -0.15) is 4.99 Å². The fourth-order valence-electron chi connectivity index (χ4n) is 3.14. The van der Waals surface area contributed by atoms with Gasteiger partial charge in [-0.25, -0.2) is 0 Å². The molecule has 0 radical (unpaired) electrons. The number of nitro benzene ring substituents is 1. The van der Waals surface area contributed by atoms with Crippen LogP contribution in [0.5, 0.6) is 0 Å². The predicted octanol–water partition coefficient (Wildman–Crippen LogP) is 5.07. The van der Waals surface area contributed by atoms with E-state index in [0.29, 0.717) is 10.4 Å². The van der Waals surface area contributed by atoms with Crippen molar-refractivity contribution in [3.63, 3.8) is 0 Å². The van der Waals surface area contributed by atoms with Crippen LogP contribution in [0.2, 0.25) is 0 Å². The summed E-state index contributed by atoms with van der Waals surface area (Å²) in [6.45, 7) is 0. The first-order chi connectivity index (χ1) is 14.5. The molecule has 0 atom stereocenters. The number of aromatic nitrogens is 1. The third-order valence-electron chi connectivity index (χ3n) is 4.64. The van der Waals surface area contributed by atoms with Crippen LogP contribution < -0.4 is 4.80 Å². The molecular weight excluding hydrogens is 398 g/mol. The molecule has 0 N–H and O–H groups in total. The Morgan fingerprint density at radius 1 is 0.900 bits per heavy atom. The fourth-order valence-corrected chi connectivity index (χ4v) is 4.28. The van der Waals surface area contributed by atoms with E-state index < -0.39 is 10.8 Å². The van der Waals surface area contributed by atoms with Gasteiger partial charge in [0.2, 0.25) is 0 Å². The van der Waals surface area contributed by atoms with E-state index in [4.69, 9.17) is 0 Å². The second kappa shape index (κ2) is 8.26. The molecule has 0 aliphatic rings. The fraction of sp³-hybridized carbons (Fsp3) is 0.0435. The van der Waals surface area contributed by atoms with Gasteiger partial charge in [0.25, 0.3) is 11.6 Å². The van der Waals surface area contributed by atoms with Gasteiger partial charge >= 0.3 is 0 Å². The van der Waals surface area contributed by atoms with E-state index in [1.807, 2.05) is 72.3 Å². The number of nitro groups is 1. The average molecular weight is 415 g/mol. The largest absolute Gasteiger partial charge is 0.319 e. The summed E-state index contributed by atoms with van der Waals surface area (Å²) in [5.74, 6) is -0.444. The van der Waals surface area contributed by atoms with Crippen molar-refractivity contribution in [1.82, 2.24) is 4.57 Å². The van der Waals surface area contributed by atoms with Gasteiger partial charge in [0.1, 0.15) is 0 Å². The molecule has 0 aliphatic carbocycles. The molecule has 0 fully saturated rings. The van der Waals surface area contributed by atoms with Crippen molar-refractivity contribution in [2.75, 3.05) is 0 Å². The standard InChI is InChI=1S/C23H17N3O3S/c1-25-20(16-8-4-2-5-9-16)21(17-10-6-3-7-11-17)30-23(25)24-22(27)18-12-14-19(15-13-18)26(28)29/h2-15H,1H3. The highest BCUT2D eigenvalue weighted by molar-refractivity contribution is 7.13. The zero-order chi connectivity index (χ0) is 21.1. The molecule has 6 nitrogen and oxygen atoms in total. The molecule has 1 aromatic heterocycles. The molecule has 0 spiro atoms. The van der Waals surface area contributed by atoms with E-state index in [9.17, 15) is 14.9 Å². The highest BCUT2D eigenvalue weighted by Gasteiger charge is 2.16. The summed E-state index contributed by atoms with van der Waals surface area (Å²) in [6, 6.07) is 25.4. The summed E-state index contributed by atoms with van der Waals surface area (Å²) in [6.07, 6.45) is 0. The van der Waals surface area contributed by atoms with Crippen LogP contribution in [0, 0.1) is 10.1 Å². The van der Waals surface area contributed by atoms with E-state index in [-0.39, 0.29) is 5.69 Å². The third-order valence-corrected chi connectivity index (χ3v) is 5.82. The Morgan fingerprint density at radius 2 is 1.47 bits per heavy atom. The molecule has 7 heteroatoms. The van der Waals surface area contributed by atoms with Gasteiger partial charge in [-0.15, -0.1) is 0 Å². The molecule has 0 saturated heterocycles. The Hall–Kier alpha value is -3.84. The summed E-state index contributed by atoms with van der Waals surface area (Å²) in [5.41, 5.74) is 3.28. The average Bonchev–Trinajstić information content (AvgIpc) is 3.11. The normalized spacial score (nSPS) is 11.4. The first-order valence-electron chi connectivity index (χ1n) is 9.19. The van der Waals surface area contributed by atoms with Crippen LogP contribution in [0.25, 0.3) is 21.7 Å². The second-order valence-corrected chi connectivity index (χ2v) is 7.55. The van der Waals surface area contributed by atoms with Crippen LogP contribution >= 0.6 is 11.3 Å². The lowest BCUT2D eigenvalue weighted by atomic mass is 10.1. The van der Waals surface area contributed by atoms with Crippen molar-refractivity contribution in [3.8, 4) is 21.7 Å². The number of non-ortho nitro benzene ring substituents is 1. The van der Waals surface area contributed by atoms with Crippen molar-refractivity contribution < 1.29 is 9.72 Å². The monoisotopic (exact) mass is 415 g/mol. The zero-order valence-electron chi connectivity index (χ0n) is 16.1. The van der Waals surface area contributed by atoms with E-state index in [0.717, 1.165) is 21.7 Å². The van der Waals surface area contributed by atoms with E-state index >= 15 is 0 Å². The van der Waals surface area contributed by atoms with Crippen molar-refractivity contribution >= 4 is 22.9 Å². The molecule has 1 amide bonds. The zero-order valence-corrected chi connectivity index (χ0v) is 16.9. The molecular formula is C23H17N3O3S. The number of nitrogens with zero attached hydrogens (tertiary/aromatic N) is 3. The number of hydrogen-bond acceptors (Lipinski definition) is 4. The van der Waals surface area contributed by atoms with Crippen molar-refractivity contribution in [1.29, 1.82) is 0 Å². The minimum atomic E-state index is -0.497. The van der Waals surface area contributed by atoms with Gasteiger partial charge in [-0.05, 0) is 23.3 Å². The van der Waals surface area contributed by atoms with Crippen LogP contribution in [0.15, 0.2) is 89.9 Å². The number of benzene rings is 3. The van der Waals surface area contributed by atoms with Crippen LogP contribution in [0.1, 0.15) is 10.4 Å². The Kier molecular flexibility index (Phi) is 5.36. The smallest absolute Gasteiger partial charge is 0.279 e. The Labute approximate surface area is 176 Å². The summed E-state index contributed by atoms with van der Waals surface area (Å²) >= 11 is 1.43. The van der Waals surface area contributed by atoms with Crippen molar-refractivity contribution in [3.05, 3.63) is 105 Å². The Bertz CT molecular complexity index is 1280. The quantitative estimate of drug-likeness (QED) is 0.345. The van der Waals surface area contributed by atoms with Crippen LogP contribution in [0.4, 0.5) is 5.69 Å². The van der Waals surface area contributed by atoms with E-state index in [1.165, 1.54) is 35.6 Å². The molecule has 3 aromatic carbocycles. The maximum Gasteiger partial charge on any atom is 0.279 e. The first kappa shape index (κ1) is 19.5. The molecule has 0 aliphatic heterocycles. The minimum absolute atomic E-state index is 0.0639. The van der Waals surface area contributed by atoms with Gasteiger partial charge in [0.15, 0.2) is 4.80 Å². The number of amides is 1. The lowest BCUT2D eigenvalue weighted by molar-refractivity contribution is -0.384. The number of rotatable bonds is 4. The van der Waals surface area contributed by atoms with Gasteiger partial charge in [-0.1, -0.05) is 72.0 Å². The highest BCUT2D eigenvalue weighted by Crippen LogP contribution is 2.34. The lowest BCUT2D eigenvalue weighted by Gasteiger charge is -2.07. The van der Waals surface area contributed by atoms with Gasteiger partial charge in [-0.3, -0.25) is 14.9 Å². The van der Waals surface area contributed by atoms with Crippen LogP contribution in [-0.4, -0.2) is 15.4 Å². The summed E-state index contributed by atoms with van der Waals surface area (Å²) in [5, 5.41) is 10.8. The summed E-state index contributed by atoms with van der Waals surface area (Å²) in [4.78, 5) is 28.9. The van der Waals surface area contributed by atoms with Gasteiger partial charge < -0.3 is 4.57 Å². The number of hydrogen-bond donors (Lipinski definition) is 0. The molecule has 148 valence electrons. The summed E-state index contributed by atoms with van der Waals surface area (Å²) < 4.78 is 1.91. The Balaban J connectivity index is 1.83. The highest BCUT2D eigenvalue weighted by atomic mass is 32.1. The second-order valence-electron chi connectivity index (χ2n) is 6.57. The SMILES string of the molecule is Cn1c(-c2ccccc2)c(-c2ccccc2)sc1=NC(=O)c1ccc([N+](=O)[O-])cc1. The minimum Gasteiger partial charge on any atom is -0.319 e. The molecule has 1 heterocycles. The summed E-state index contributed by atoms with van der Waals surface area (Å²) in [7, 11) is 1.88. The number of thiazole rings is 1. The number of carbonyl (C=O) groups is 1. The first-order valence-corrected chi connectivity index (χ1v) is 10.0. The maximum absolute atomic E-state index is 12.7. The molecule has 30 heavy (non-hydrogen) atoms. The lowest BCUT2D eigenvalue weighted by Crippen LogP contribution is -2.14.